The van der Waals surface area contributed by atoms with Crippen LogP contribution in [0.3, 0.4) is 0 Å². The Morgan fingerprint density at radius 2 is 1.77 bits per heavy atom. The van der Waals surface area contributed by atoms with Crippen LogP contribution in [0.5, 0.6) is 0 Å². The standard InChI is InChI=1S/C9H16O3S/c1-13(11,12)7-9(10)8-5-3-2-4-6-8/h8H,2-7H2,1H3. The molecule has 0 radical (unpaired) electrons. The maximum absolute atomic E-state index is 11.4. The fourth-order valence-corrected chi connectivity index (χ4v) is 2.55. The molecule has 1 aliphatic carbocycles. The van der Waals surface area contributed by atoms with E-state index in [1.54, 1.807) is 0 Å². The molecule has 0 aromatic carbocycles. The van der Waals surface area contributed by atoms with Gasteiger partial charge in [-0.1, -0.05) is 19.3 Å². The van der Waals surface area contributed by atoms with Crippen molar-refractivity contribution in [3.8, 4) is 0 Å². The van der Waals surface area contributed by atoms with Crippen LogP contribution in [0.2, 0.25) is 0 Å². The van der Waals surface area contributed by atoms with Crippen molar-refractivity contribution in [3.05, 3.63) is 0 Å². The summed E-state index contributed by atoms with van der Waals surface area (Å²) in [6, 6.07) is 0. The number of Topliss-reactive ketones (excluding diaryl/α,β-unsaturated/α-hetero) is 1. The van der Waals surface area contributed by atoms with Crippen molar-refractivity contribution in [2.75, 3.05) is 12.0 Å². The lowest BCUT2D eigenvalue weighted by molar-refractivity contribution is -0.121. The molecule has 0 unspecified atom stereocenters. The quantitative estimate of drug-likeness (QED) is 0.693. The Kier molecular flexibility index (Phi) is 3.47. The summed E-state index contributed by atoms with van der Waals surface area (Å²) in [5.74, 6) is -0.330. The van der Waals surface area contributed by atoms with Gasteiger partial charge in [-0.15, -0.1) is 0 Å². The maximum Gasteiger partial charge on any atom is 0.154 e. The van der Waals surface area contributed by atoms with Crippen LogP contribution in [0.15, 0.2) is 0 Å². The van der Waals surface area contributed by atoms with Gasteiger partial charge in [-0.2, -0.15) is 0 Å². The fourth-order valence-electron chi connectivity index (χ4n) is 1.80. The summed E-state index contributed by atoms with van der Waals surface area (Å²) in [6.45, 7) is 0. The molecular formula is C9H16O3S. The van der Waals surface area contributed by atoms with Gasteiger partial charge in [-0.3, -0.25) is 4.79 Å². The molecule has 0 aromatic heterocycles. The molecule has 0 aliphatic heterocycles. The summed E-state index contributed by atoms with van der Waals surface area (Å²) >= 11 is 0. The largest absolute Gasteiger partial charge is 0.298 e. The van der Waals surface area contributed by atoms with Gasteiger partial charge in [0.25, 0.3) is 0 Å². The van der Waals surface area contributed by atoms with Crippen LogP contribution in [0.25, 0.3) is 0 Å². The van der Waals surface area contributed by atoms with Crippen molar-refractivity contribution in [1.29, 1.82) is 0 Å². The predicted octanol–water partition coefficient (Wildman–Crippen LogP) is 1.18. The van der Waals surface area contributed by atoms with Gasteiger partial charge >= 0.3 is 0 Å². The molecule has 0 N–H and O–H groups in total. The van der Waals surface area contributed by atoms with Gasteiger partial charge in [0, 0.05) is 12.2 Å². The summed E-state index contributed by atoms with van der Waals surface area (Å²) in [5.41, 5.74) is 0. The van der Waals surface area contributed by atoms with E-state index < -0.39 is 9.84 Å². The zero-order valence-corrected chi connectivity index (χ0v) is 8.77. The minimum atomic E-state index is -3.12. The van der Waals surface area contributed by atoms with E-state index in [1.165, 1.54) is 6.42 Å². The number of hydrogen-bond donors (Lipinski definition) is 0. The second-order valence-corrected chi connectivity index (χ2v) is 6.01. The van der Waals surface area contributed by atoms with Gasteiger partial charge in [0.05, 0.1) is 0 Å². The SMILES string of the molecule is CS(=O)(=O)CC(=O)C1CCCCC1. The van der Waals surface area contributed by atoms with E-state index in [0.29, 0.717) is 0 Å². The van der Waals surface area contributed by atoms with Crippen LogP contribution in [-0.2, 0) is 14.6 Å². The maximum atomic E-state index is 11.4. The third kappa shape index (κ3) is 3.89. The van der Waals surface area contributed by atoms with Gasteiger partial charge < -0.3 is 0 Å². The molecule has 1 aliphatic rings. The number of rotatable bonds is 3. The Balaban J connectivity index is 2.47. The second-order valence-electron chi connectivity index (χ2n) is 3.87. The molecule has 0 heterocycles. The molecular weight excluding hydrogens is 188 g/mol. The van der Waals surface area contributed by atoms with Crippen LogP contribution in [0.4, 0.5) is 0 Å². The summed E-state index contributed by atoms with van der Waals surface area (Å²) < 4.78 is 21.7. The Morgan fingerprint density at radius 1 is 1.23 bits per heavy atom. The molecule has 0 amide bonds. The first-order valence-electron chi connectivity index (χ1n) is 4.69. The highest BCUT2D eigenvalue weighted by molar-refractivity contribution is 7.91. The lowest BCUT2D eigenvalue weighted by Crippen LogP contribution is -2.24. The number of hydrogen-bond acceptors (Lipinski definition) is 3. The minimum absolute atomic E-state index is 0.0171. The van der Waals surface area contributed by atoms with E-state index in [4.69, 9.17) is 0 Å². The third-order valence-corrected chi connectivity index (χ3v) is 3.27. The van der Waals surface area contributed by atoms with E-state index in [1.807, 2.05) is 0 Å². The Labute approximate surface area is 79.4 Å². The lowest BCUT2D eigenvalue weighted by Gasteiger charge is -2.19. The molecule has 3 nitrogen and oxygen atoms in total. The molecule has 0 aromatic rings. The monoisotopic (exact) mass is 204 g/mol. The van der Waals surface area contributed by atoms with Crippen molar-refractivity contribution in [2.45, 2.75) is 32.1 Å². The molecule has 1 rings (SSSR count). The summed E-state index contributed by atoms with van der Waals surface area (Å²) in [6.07, 6.45) is 6.21. The van der Waals surface area contributed by atoms with Crippen LogP contribution in [0.1, 0.15) is 32.1 Å². The average Bonchev–Trinajstić information content (AvgIpc) is 2.03. The number of carbonyl (C=O) groups excluding carboxylic acids is 1. The summed E-state index contributed by atoms with van der Waals surface area (Å²) in [7, 11) is -3.12. The van der Waals surface area contributed by atoms with Gasteiger partial charge in [0.2, 0.25) is 0 Å². The molecule has 76 valence electrons. The molecule has 1 saturated carbocycles. The van der Waals surface area contributed by atoms with Gasteiger partial charge in [0.15, 0.2) is 15.6 Å². The van der Waals surface area contributed by atoms with Crippen LogP contribution in [0, 0.1) is 5.92 Å². The highest BCUT2D eigenvalue weighted by Crippen LogP contribution is 2.24. The van der Waals surface area contributed by atoms with E-state index >= 15 is 0 Å². The van der Waals surface area contributed by atoms with E-state index in [2.05, 4.69) is 0 Å². The fraction of sp³-hybridized carbons (Fsp3) is 0.889. The number of carbonyl (C=O) groups is 1. The van der Waals surface area contributed by atoms with Crippen LogP contribution >= 0.6 is 0 Å². The Morgan fingerprint density at radius 3 is 2.23 bits per heavy atom. The molecule has 13 heavy (non-hydrogen) atoms. The van der Waals surface area contributed by atoms with Crippen molar-refractivity contribution in [1.82, 2.24) is 0 Å². The molecule has 4 heteroatoms. The topological polar surface area (TPSA) is 51.2 Å². The highest BCUT2D eigenvalue weighted by atomic mass is 32.2. The van der Waals surface area contributed by atoms with E-state index in [-0.39, 0.29) is 17.5 Å². The molecule has 0 atom stereocenters. The van der Waals surface area contributed by atoms with E-state index in [0.717, 1.165) is 31.9 Å². The molecule has 0 bridgehead atoms. The van der Waals surface area contributed by atoms with Crippen LogP contribution < -0.4 is 0 Å². The smallest absolute Gasteiger partial charge is 0.154 e. The number of sulfone groups is 1. The number of ketones is 1. The van der Waals surface area contributed by atoms with Crippen molar-refractivity contribution in [2.24, 2.45) is 5.92 Å². The second kappa shape index (κ2) is 4.22. The normalized spacial score (nSPS) is 20.1. The predicted molar refractivity (Wildman–Crippen MR) is 51.3 cm³/mol. The summed E-state index contributed by atoms with van der Waals surface area (Å²) in [5, 5.41) is 0. The third-order valence-electron chi connectivity index (χ3n) is 2.46. The Bertz CT molecular complexity index is 273. The zero-order valence-electron chi connectivity index (χ0n) is 7.95. The average molecular weight is 204 g/mol. The van der Waals surface area contributed by atoms with Crippen molar-refractivity contribution >= 4 is 15.6 Å². The minimum Gasteiger partial charge on any atom is -0.298 e. The zero-order chi connectivity index (χ0) is 9.90. The first kappa shape index (κ1) is 10.7. The van der Waals surface area contributed by atoms with Gasteiger partial charge in [-0.05, 0) is 12.8 Å². The van der Waals surface area contributed by atoms with Gasteiger partial charge in [-0.25, -0.2) is 8.42 Å². The molecule has 0 saturated heterocycles. The lowest BCUT2D eigenvalue weighted by atomic mass is 9.87. The van der Waals surface area contributed by atoms with Crippen molar-refractivity contribution in [3.63, 3.8) is 0 Å². The Hall–Kier alpha value is -0.380. The summed E-state index contributed by atoms with van der Waals surface area (Å²) in [4.78, 5) is 11.4. The first-order valence-corrected chi connectivity index (χ1v) is 6.75. The highest BCUT2D eigenvalue weighted by Gasteiger charge is 2.23. The van der Waals surface area contributed by atoms with Gasteiger partial charge in [0.1, 0.15) is 5.75 Å². The van der Waals surface area contributed by atoms with E-state index in [9.17, 15) is 13.2 Å². The first-order chi connectivity index (χ1) is 5.99. The van der Waals surface area contributed by atoms with Crippen LogP contribution in [-0.4, -0.2) is 26.2 Å². The molecule has 0 spiro atoms. The molecule has 1 fully saturated rings. The van der Waals surface area contributed by atoms with Crippen molar-refractivity contribution < 1.29 is 13.2 Å².